The van der Waals surface area contributed by atoms with Gasteiger partial charge in [-0.1, -0.05) is 23.2 Å². The van der Waals surface area contributed by atoms with Crippen molar-refractivity contribution in [2.24, 2.45) is 4.99 Å². The van der Waals surface area contributed by atoms with Crippen LogP contribution in [0.1, 0.15) is 11.3 Å². The van der Waals surface area contributed by atoms with Gasteiger partial charge in [0.15, 0.2) is 5.70 Å². The molecule has 0 atom stereocenters. The normalized spacial score (nSPS) is 16.4. The second-order valence-corrected chi connectivity index (χ2v) is 4.82. The van der Waals surface area contributed by atoms with Crippen molar-refractivity contribution in [1.82, 2.24) is 0 Å². The Labute approximate surface area is 124 Å². The zero-order valence-electron chi connectivity index (χ0n) is 9.97. The molecule has 0 amide bonds. The van der Waals surface area contributed by atoms with Crippen LogP contribution in [0.4, 0.5) is 0 Å². The van der Waals surface area contributed by atoms with E-state index in [1.54, 1.807) is 30.3 Å². The first-order valence-corrected chi connectivity index (χ1v) is 6.40. The summed E-state index contributed by atoms with van der Waals surface area (Å²) in [4.78, 5) is 15.9. The van der Waals surface area contributed by atoms with E-state index in [-0.39, 0.29) is 11.6 Å². The highest BCUT2D eigenvalue weighted by Gasteiger charge is 2.26. The predicted molar refractivity (Wildman–Crippen MR) is 75.8 cm³/mol. The molecule has 1 aliphatic heterocycles. The van der Waals surface area contributed by atoms with Crippen molar-refractivity contribution in [2.45, 2.75) is 0 Å². The molecule has 4 nitrogen and oxygen atoms in total. The lowest BCUT2D eigenvalue weighted by atomic mass is 10.2. The van der Waals surface area contributed by atoms with Crippen LogP contribution in [0.3, 0.4) is 0 Å². The van der Waals surface area contributed by atoms with Gasteiger partial charge in [0.2, 0.25) is 5.90 Å². The van der Waals surface area contributed by atoms with Crippen molar-refractivity contribution in [2.75, 3.05) is 0 Å². The van der Waals surface area contributed by atoms with E-state index in [9.17, 15) is 4.79 Å². The fourth-order valence-electron chi connectivity index (χ4n) is 1.69. The van der Waals surface area contributed by atoms with Crippen molar-refractivity contribution < 1.29 is 13.9 Å². The van der Waals surface area contributed by atoms with Gasteiger partial charge in [0.25, 0.3) is 0 Å². The van der Waals surface area contributed by atoms with E-state index in [1.165, 1.54) is 12.3 Å². The monoisotopic (exact) mass is 307 g/mol. The minimum atomic E-state index is -0.563. The lowest BCUT2D eigenvalue weighted by Gasteiger charge is -2.02. The van der Waals surface area contributed by atoms with Crippen LogP contribution in [0.2, 0.25) is 10.0 Å². The highest BCUT2D eigenvalue weighted by molar-refractivity contribution is 6.36. The molecule has 0 saturated carbocycles. The number of furan rings is 1. The molecule has 20 heavy (non-hydrogen) atoms. The van der Waals surface area contributed by atoms with Crippen LogP contribution in [-0.2, 0) is 9.53 Å². The van der Waals surface area contributed by atoms with Gasteiger partial charge in [-0.2, -0.15) is 0 Å². The summed E-state index contributed by atoms with van der Waals surface area (Å²) in [7, 11) is 0. The lowest BCUT2D eigenvalue weighted by Crippen LogP contribution is -2.05. The summed E-state index contributed by atoms with van der Waals surface area (Å²) in [6, 6.07) is 8.27. The molecule has 0 N–H and O–H groups in total. The van der Waals surface area contributed by atoms with Gasteiger partial charge in [-0.15, -0.1) is 0 Å². The Morgan fingerprint density at radius 1 is 1.20 bits per heavy atom. The second-order valence-electron chi connectivity index (χ2n) is 3.98. The Balaban J connectivity index is 2.00. The maximum absolute atomic E-state index is 11.8. The molecule has 0 saturated heterocycles. The van der Waals surface area contributed by atoms with Crippen LogP contribution in [-0.4, -0.2) is 11.9 Å². The lowest BCUT2D eigenvalue weighted by molar-refractivity contribution is -0.129. The number of hydrogen-bond donors (Lipinski definition) is 0. The Morgan fingerprint density at radius 2 is 2.05 bits per heavy atom. The SMILES string of the molecule is O=C1OC(c2cc(Cl)ccc2Cl)=N/C1=C/c1ccco1. The molecule has 0 spiro atoms. The first-order chi connectivity index (χ1) is 9.63. The average molecular weight is 308 g/mol. The van der Waals surface area contributed by atoms with E-state index in [0.29, 0.717) is 21.4 Å². The molecule has 0 aliphatic carbocycles. The molecule has 100 valence electrons. The summed E-state index contributed by atoms with van der Waals surface area (Å²) >= 11 is 11.9. The largest absolute Gasteiger partial charge is 0.465 e. The van der Waals surface area contributed by atoms with Crippen LogP contribution < -0.4 is 0 Å². The molecule has 2 aromatic rings. The topological polar surface area (TPSA) is 51.8 Å². The number of carbonyl (C=O) groups is 1. The average Bonchev–Trinajstić information content (AvgIpc) is 3.04. The summed E-state index contributed by atoms with van der Waals surface area (Å²) in [5.74, 6) is 0.0758. The number of rotatable bonds is 2. The van der Waals surface area contributed by atoms with Gasteiger partial charge in [0.1, 0.15) is 5.76 Å². The zero-order valence-corrected chi connectivity index (χ0v) is 11.5. The van der Waals surface area contributed by atoms with E-state index < -0.39 is 5.97 Å². The predicted octanol–water partition coefficient (Wildman–Crippen LogP) is 3.93. The van der Waals surface area contributed by atoms with Crippen molar-refractivity contribution in [3.05, 3.63) is 63.7 Å². The van der Waals surface area contributed by atoms with Gasteiger partial charge in [-0.25, -0.2) is 9.79 Å². The number of cyclic esters (lactones) is 1. The summed E-state index contributed by atoms with van der Waals surface area (Å²) in [6.07, 6.45) is 3.00. The quantitative estimate of drug-likeness (QED) is 0.624. The van der Waals surface area contributed by atoms with Gasteiger partial charge in [0.05, 0.1) is 16.8 Å². The third kappa shape index (κ3) is 2.48. The molecular formula is C14H7Cl2NO3. The number of esters is 1. The molecule has 1 aliphatic rings. The number of benzene rings is 1. The van der Waals surface area contributed by atoms with Crippen LogP contribution in [0, 0.1) is 0 Å². The zero-order chi connectivity index (χ0) is 14.1. The first-order valence-electron chi connectivity index (χ1n) is 5.65. The summed E-state index contributed by atoms with van der Waals surface area (Å²) in [6.45, 7) is 0. The number of halogens is 2. The minimum absolute atomic E-state index is 0.125. The van der Waals surface area contributed by atoms with Gasteiger partial charge < -0.3 is 9.15 Å². The Bertz CT molecular complexity index is 733. The van der Waals surface area contributed by atoms with Gasteiger partial charge in [-0.3, -0.25) is 0 Å². The van der Waals surface area contributed by atoms with Crippen LogP contribution in [0.25, 0.3) is 6.08 Å². The molecule has 0 bridgehead atoms. The Hall–Kier alpha value is -2.04. The molecule has 0 radical (unpaired) electrons. The third-order valence-electron chi connectivity index (χ3n) is 2.60. The molecule has 1 aromatic carbocycles. The van der Waals surface area contributed by atoms with E-state index in [4.69, 9.17) is 32.4 Å². The van der Waals surface area contributed by atoms with E-state index in [0.717, 1.165) is 0 Å². The molecule has 0 unspecified atom stereocenters. The van der Waals surface area contributed by atoms with Crippen LogP contribution >= 0.6 is 23.2 Å². The summed E-state index contributed by atoms with van der Waals surface area (Å²) in [5.41, 5.74) is 0.612. The smallest absolute Gasteiger partial charge is 0.363 e. The molecule has 3 rings (SSSR count). The number of carbonyl (C=O) groups excluding carboxylic acids is 1. The van der Waals surface area contributed by atoms with Gasteiger partial charge >= 0.3 is 5.97 Å². The number of aliphatic imine (C=N–C) groups is 1. The second kappa shape index (κ2) is 5.15. The molecular weight excluding hydrogens is 301 g/mol. The van der Waals surface area contributed by atoms with Crippen molar-refractivity contribution in [1.29, 1.82) is 0 Å². The highest BCUT2D eigenvalue weighted by Crippen LogP contribution is 2.26. The van der Waals surface area contributed by atoms with E-state index in [1.807, 2.05) is 0 Å². The fourth-order valence-corrected chi connectivity index (χ4v) is 2.06. The number of nitrogens with zero attached hydrogens (tertiary/aromatic N) is 1. The van der Waals surface area contributed by atoms with Crippen LogP contribution in [0.5, 0.6) is 0 Å². The Morgan fingerprint density at radius 3 is 2.80 bits per heavy atom. The number of hydrogen-bond acceptors (Lipinski definition) is 4. The fraction of sp³-hybridized carbons (Fsp3) is 0. The molecule has 1 aromatic heterocycles. The maximum atomic E-state index is 11.8. The van der Waals surface area contributed by atoms with Crippen molar-refractivity contribution >= 4 is 41.1 Å². The Kier molecular flexibility index (Phi) is 3.34. The third-order valence-corrected chi connectivity index (χ3v) is 3.17. The first kappa shape index (κ1) is 13.0. The molecule has 0 fully saturated rings. The molecule has 6 heteroatoms. The van der Waals surface area contributed by atoms with Crippen molar-refractivity contribution in [3.63, 3.8) is 0 Å². The van der Waals surface area contributed by atoms with Crippen LogP contribution in [0.15, 0.2) is 51.7 Å². The van der Waals surface area contributed by atoms with E-state index >= 15 is 0 Å². The minimum Gasteiger partial charge on any atom is -0.465 e. The van der Waals surface area contributed by atoms with E-state index in [2.05, 4.69) is 4.99 Å². The van der Waals surface area contributed by atoms with Gasteiger partial charge in [-0.05, 0) is 30.3 Å². The highest BCUT2D eigenvalue weighted by atomic mass is 35.5. The van der Waals surface area contributed by atoms with Crippen molar-refractivity contribution in [3.8, 4) is 0 Å². The summed E-state index contributed by atoms with van der Waals surface area (Å²) in [5, 5.41) is 0.881. The summed E-state index contributed by atoms with van der Waals surface area (Å²) < 4.78 is 10.2. The maximum Gasteiger partial charge on any atom is 0.363 e. The standard InChI is InChI=1S/C14H7Cl2NO3/c15-8-3-4-11(16)10(6-8)13-17-12(14(18)20-13)7-9-2-1-5-19-9/h1-7H/b12-7+. The van der Waals surface area contributed by atoms with Gasteiger partial charge in [0, 0.05) is 11.1 Å². The number of ether oxygens (including phenoxy) is 1. The molecule has 2 heterocycles.